The van der Waals surface area contributed by atoms with Crippen LogP contribution in [-0.4, -0.2) is 15.7 Å². The van der Waals surface area contributed by atoms with Gasteiger partial charge in [-0.15, -0.1) is 5.10 Å². The summed E-state index contributed by atoms with van der Waals surface area (Å²) in [4.78, 5) is 0. The Balaban J connectivity index is 1.84. The van der Waals surface area contributed by atoms with Gasteiger partial charge in [-0.2, -0.15) is 0 Å². The lowest BCUT2D eigenvalue weighted by molar-refractivity contribution is -0.0165. The number of nitrogen functional groups attached to an aromatic ring is 1. The highest BCUT2D eigenvalue weighted by Crippen LogP contribution is 2.27. The molecule has 0 spiro atoms. The molecule has 5 heteroatoms. The van der Waals surface area contributed by atoms with E-state index in [-0.39, 0.29) is 0 Å². The van der Waals surface area contributed by atoms with Crippen LogP contribution in [0.15, 0.2) is 0 Å². The van der Waals surface area contributed by atoms with Gasteiger partial charge in [-0.05, 0) is 18.8 Å². The van der Waals surface area contributed by atoms with Crippen molar-refractivity contribution in [3.05, 3.63) is 5.69 Å². The SMILES string of the molecule is CC1CCCCC1OCc1nnsc1N. The first-order valence-electron chi connectivity index (χ1n) is 5.45. The molecular formula is C10H17N3OS. The van der Waals surface area contributed by atoms with Crippen molar-refractivity contribution in [2.75, 3.05) is 5.73 Å². The van der Waals surface area contributed by atoms with Gasteiger partial charge in [0.05, 0.1) is 12.7 Å². The summed E-state index contributed by atoms with van der Waals surface area (Å²) in [7, 11) is 0. The van der Waals surface area contributed by atoms with Crippen LogP contribution in [0.3, 0.4) is 0 Å². The van der Waals surface area contributed by atoms with Crippen molar-refractivity contribution in [2.24, 2.45) is 5.92 Å². The molecule has 0 radical (unpaired) electrons. The van der Waals surface area contributed by atoms with Crippen LogP contribution in [0.25, 0.3) is 0 Å². The molecule has 0 aromatic carbocycles. The minimum Gasteiger partial charge on any atom is -0.388 e. The van der Waals surface area contributed by atoms with Crippen molar-refractivity contribution in [3.63, 3.8) is 0 Å². The second-order valence-corrected chi connectivity index (χ2v) is 4.98. The molecule has 15 heavy (non-hydrogen) atoms. The van der Waals surface area contributed by atoms with E-state index in [1.54, 1.807) is 0 Å². The molecule has 0 saturated heterocycles. The van der Waals surface area contributed by atoms with Gasteiger partial charge in [0.15, 0.2) is 0 Å². The van der Waals surface area contributed by atoms with E-state index in [0.717, 1.165) is 5.69 Å². The second-order valence-electron chi connectivity index (χ2n) is 4.20. The molecule has 84 valence electrons. The zero-order chi connectivity index (χ0) is 10.7. The molecule has 4 nitrogen and oxygen atoms in total. The number of anilines is 1. The standard InChI is InChI=1S/C10H17N3OS/c1-7-4-2-3-5-9(7)14-6-8-10(11)15-13-12-8/h7,9H,2-6,11H2,1H3. The third-order valence-electron chi connectivity index (χ3n) is 3.05. The predicted molar refractivity (Wildman–Crippen MR) is 60.5 cm³/mol. The molecule has 2 unspecified atom stereocenters. The van der Waals surface area contributed by atoms with Crippen LogP contribution in [-0.2, 0) is 11.3 Å². The summed E-state index contributed by atoms with van der Waals surface area (Å²) in [5.41, 5.74) is 6.49. The number of rotatable bonds is 3. The van der Waals surface area contributed by atoms with Crippen LogP contribution in [0.5, 0.6) is 0 Å². The first kappa shape index (κ1) is 10.8. The number of hydrogen-bond acceptors (Lipinski definition) is 5. The predicted octanol–water partition coefficient (Wildman–Crippen LogP) is 2.22. The average molecular weight is 227 g/mol. The summed E-state index contributed by atoms with van der Waals surface area (Å²) in [5.74, 6) is 0.659. The van der Waals surface area contributed by atoms with E-state index in [1.165, 1.54) is 37.2 Å². The Bertz CT molecular complexity index is 315. The quantitative estimate of drug-likeness (QED) is 0.860. The van der Waals surface area contributed by atoms with Crippen LogP contribution in [0.2, 0.25) is 0 Å². The fraction of sp³-hybridized carbons (Fsp3) is 0.800. The zero-order valence-corrected chi connectivity index (χ0v) is 9.80. The van der Waals surface area contributed by atoms with Crippen LogP contribution in [0, 0.1) is 5.92 Å². The Hall–Kier alpha value is -0.680. The number of hydrogen-bond donors (Lipinski definition) is 1. The molecular weight excluding hydrogens is 210 g/mol. The van der Waals surface area contributed by atoms with Crippen LogP contribution in [0.1, 0.15) is 38.3 Å². The highest BCUT2D eigenvalue weighted by atomic mass is 32.1. The minimum absolute atomic E-state index is 0.375. The molecule has 0 bridgehead atoms. The van der Waals surface area contributed by atoms with Crippen LogP contribution in [0.4, 0.5) is 5.00 Å². The smallest absolute Gasteiger partial charge is 0.133 e. The van der Waals surface area contributed by atoms with Gasteiger partial charge in [-0.25, -0.2) is 0 Å². The second kappa shape index (κ2) is 4.90. The maximum Gasteiger partial charge on any atom is 0.133 e. The van der Waals surface area contributed by atoms with E-state index >= 15 is 0 Å². The Morgan fingerprint density at radius 3 is 2.93 bits per heavy atom. The molecule has 1 saturated carbocycles. The molecule has 0 aliphatic heterocycles. The lowest BCUT2D eigenvalue weighted by Gasteiger charge is -2.28. The first-order valence-corrected chi connectivity index (χ1v) is 6.23. The fourth-order valence-corrected chi connectivity index (χ4v) is 2.46. The topological polar surface area (TPSA) is 61.0 Å². The van der Waals surface area contributed by atoms with Gasteiger partial charge in [0.1, 0.15) is 10.7 Å². The van der Waals surface area contributed by atoms with E-state index in [1.807, 2.05) is 0 Å². The van der Waals surface area contributed by atoms with Gasteiger partial charge in [-0.3, -0.25) is 0 Å². The van der Waals surface area contributed by atoms with Gasteiger partial charge >= 0.3 is 0 Å². The number of nitrogens with two attached hydrogens (primary N) is 1. The van der Waals surface area contributed by atoms with Crippen LogP contribution < -0.4 is 5.73 Å². The molecule has 1 fully saturated rings. The lowest BCUT2D eigenvalue weighted by atomic mass is 9.88. The van der Waals surface area contributed by atoms with Gasteiger partial charge in [0.25, 0.3) is 0 Å². The molecule has 1 aliphatic rings. The Morgan fingerprint density at radius 2 is 2.27 bits per heavy atom. The fourth-order valence-electron chi connectivity index (χ4n) is 2.03. The summed E-state index contributed by atoms with van der Waals surface area (Å²) in [6, 6.07) is 0. The Morgan fingerprint density at radius 1 is 1.47 bits per heavy atom. The summed E-state index contributed by atoms with van der Waals surface area (Å²) in [6.45, 7) is 2.77. The molecule has 2 N–H and O–H groups in total. The summed E-state index contributed by atoms with van der Waals surface area (Å²) < 4.78 is 9.64. The third kappa shape index (κ3) is 2.66. The van der Waals surface area contributed by atoms with Crippen molar-refractivity contribution >= 4 is 16.5 Å². The van der Waals surface area contributed by atoms with Crippen molar-refractivity contribution in [1.29, 1.82) is 0 Å². The molecule has 1 aliphatic carbocycles. The van der Waals surface area contributed by atoms with Crippen molar-refractivity contribution in [2.45, 2.75) is 45.3 Å². The molecule has 2 rings (SSSR count). The van der Waals surface area contributed by atoms with E-state index in [2.05, 4.69) is 16.5 Å². The van der Waals surface area contributed by atoms with E-state index in [9.17, 15) is 0 Å². The van der Waals surface area contributed by atoms with Crippen molar-refractivity contribution < 1.29 is 4.74 Å². The molecule has 2 atom stereocenters. The van der Waals surface area contributed by atoms with Gasteiger partial charge in [0.2, 0.25) is 0 Å². The molecule has 1 aromatic heterocycles. The number of nitrogens with zero attached hydrogens (tertiary/aromatic N) is 2. The highest BCUT2D eigenvalue weighted by molar-refractivity contribution is 7.09. The Labute approximate surface area is 94.0 Å². The number of aromatic nitrogens is 2. The zero-order valence-electron chi connectivity index (χ0n) is 8.98. The average Bonchev–Trinajstić information content (AvgIpc) is 2.63. The third-order valence-corrected chi connectivity index (χ3v) is 3.65. The largest absolute Gasteiger partial charge is 0.388 e. The minimum atomic E-state index is 0.375. The Kier molecular flexibility index (Phi) is 3.53. The molecule has 1 heterocycles. The normalized spacial score (nSPS) is 26.7. The monoisotopic (exact) mass is 227 g/mol. The van der Waals surface area contributed by atoms with E-state index < -0.39 is 0 Å². The van der Waals surface area contributed by atoms with Gasteiger partial charge in [-0.1, -0.05) is 24.3 Å². The highest BCUT2D eigenvalue weighted by Gasteiger charge is 2.22. The van der Waals surface area contributed by atoms with Crippen molar-refractivity contribution in [1.82, 2.24) is 9.59 Å². The first-order chi connectivity index (χ1) is 7.27. The molecule has 0 amide bonds. The maximum atomic E-state index is 5.84. The van der Waals surface area contributed by atoms with E-state index in [0.29, 0.717) is 23.6 Å². The van der Waals surface area contributed by atoms with Gasteiger partial charge in [0, 0.05) is 11.5 Å². The summed E-state index contributed by atoms with van der Waals surface area (Å²) in [5, 5.41) is 4.62. The number of ether oxygens (including phenoxy) is 1. The summed E-state index contributed by atoms with van der Waals surface area (Å²) in [6.07, 6.45) is 5.43. The lowest BCUT2D eigenvalue weighted by Crippen LogP contribution is -2.25. The van der Waals surface area contributed by atoms with Crippen LogP contribution >= 0.6 is 11.5 Å². The van der Waals surface area contributed by atoms with Crippen molar-refractivity contribution in [3.8, 4) is 0 Å². The van der Waals surface area contributed by atoms with E-state index in [4.69, 9.17) is 10.5 Å². The molecule has 1 aromatic rings. The van der Waals surface area contributed by atoms with Gasteiger partial charge < -0.3 is 10.5 Å². The maximum absolute atomic E-state index is 5.84. The summed E-state index contributed by atoms with van der Waals surface area (Å²) >= 11 is 1.23.